The van der Waals surface area contributed by atoms with Crippen LogP contribution in [-0.4, -0.2) is 16.1 Å². The first-order chi connectivity index (χ1) is 6.59. The van der Waals surface area contributed by atoms with E-state index in [4.69, 9.17) is 16.7 Å². The van der Waals surface area contributed by atoms with Crippen molar-refractivity contribution in [2.45, 2.75) is 0 Å². The Kier molecular flexibility index (Phi) is 1.93. The van der Waals surface area contributed by atoms with Gasteiger partial charge in [-0.2, -0.15) is 0 Å². The summed E-state index contributed by atoms with van der Waals surface area (Å²) < 4.78 is 12.9. The lowest BCUT2D eigenvalue weighted by Crippen LogP contribution is -1.93. The lowest BCUT2D eigenvalue weighted by molar-refractivity contribution is 0.0699. The van der Waals surface area contributed by atoms with Crippen molar-refractivity contribution < 1.29 is 14.3 Å². The molecule has 2 rings (SSSR count). The maximum absolute atomic E-state index is 12.9. The number of carboxylic acid groups (broad SMARTS) is 1. The smallest absolute Gasteiger partial charge is 0.337 e. The van der Waals surface area contributed by atoms with E-state index >= 15 is 0 Å². The highest BCUT2D eigenvalue weighted by Crippen LogP contribution is 2.26. The summed E-state index contributed by atoms with van der Waals surface area (Å²) in [6.07, 6.45) is 1.29. The van der Waals surface area contributed by atoms with E-state index in [2.05, 4.69) is 4.98 Å². The average molecular weight is 214 g/mol. The highest BCUT2D eigenvalue weighted by atomic mass is 35.5. The molecule has 72 valence electrons. The molecular weight excluding hydrogens is 209 g/mol. The number of benzene rings is 1. The summed E-state index contributed by atoms with van der Waals surface area (Å²) in [6, 6.07) is 2.27. The van der Waals surface area contributed by atoms with Gasteiger partial charge in [0.15, 0.2) is 0 Å². The molecule has 0 aliphatic carbocycles. The number of nitrogens with one attached hydrogen (secondary N) is 1. The minimum Gasteiger partial charge on any atom is -0.478 e. The SMILES string of the molecule is O=C(O)c1c[nH]c2c(Cl)cc(F)cc12. The molecule has 1 heterocycles. The number of hydrogen-bond acceptors (Lipinski definition) is 1. The highest BCUT2D eigenvalue weighted by molar-refractivity contribution is 6.35. The van der Waals surface area contributed by atoms with Gasteiger partial charge in [-0.25, -0.2) is 9.18 Å². The minimum atomic E-state index is -1.11. The predicted octanol–water partition coefficient (Wildman–Crippen LogP) is 2.66. The van der Waals surface area contributed by atoms with Crippen molar-refractivity contribution in [2.24, 2.45) is 0 Å². The topological polar surface area (TPSA) is 53.1 Å². The third kappa shape index (κ3) is 1.24. The lowest BCUT2D eigenvalue weighted by atomic mass is 10.2. The molecule has 0 radical (unpaired) electrons. The van der Waals surface area contributed by atoms with Crippen molar-refractivity contribution in [3.63, 3.8) is 0 Å². The summed E-state index contributed by atoms with van der Waals surface area (Å²) in [5.74, 6) is -1.66. The van der Waals surface area contributed by atoms with E-state index in [0.29, 0.717) is 5.52 Å². The minimum absolute atomic E-state index is 0.0152. The van der Waals surface area contributed by atoms with E-state index < -0.39 is 11.8 Å². The number of fused-ring (bicyclic) bond motifs is 1. The monoisotopic (exact) mass is 213 g/mol. The summed E-state index contributed by atoms with van der Waals surface area (Å²) in [5, 5.41) is 9.22. The fraction of sp³-hybridized carbons (Fsp3) is 0. The van der Waals surface area contributed by atoms with Gasteiger partial charge in [0, 0.05) is 11.6 Å². The van der Waals surface area contributed by atoms with E-state index in [1.807, 2.05) is 0 Å². The molecule has 14 heavy (non-hydrogen) atoms. The quantitative estimate of drug-likeness (QED) is 0.765. The van der Waals surface area contributed by atoms with Crippen molar-refractivity contribution in [3.05, 3.63) is 34.7 Å². The van der Waals surface area contributed by atoms with Crippen LogP contribution in [0.1, 0.15) is 10.4 Å². The second kappa shape index (κ2) is 2.99. The third-order valence-electron chi connectivity index (χ3n) is 1.94. The summed E-state index contributed by atoms with van der Waals surface area (Å²) in [6.45, 7) is 0. The standard InChI is InChI=1S/C9H5ClFNO2/c10-7-2-4(11)1-5-6(9(13)14)3-12-8(5)7/h1-3,12H,(H,13,14). The second-order valence-electron chi connectivity index (χ2n) is 2.82. The molecule has 2 aromatic rings. The van der Waals surface area contributed by atoms with Crippen LogP contribution in [0.25, 0.3) is 10.9 Å². The van der Waals surface area contributed by atoms with Gasteiger partial charge in [-0.05, 0) is 12.1 Å². The van der Waals surface area contributed by atoms with Gasteiger partial charge in [-0.1, -0.05) is 11.6 Å². The van der Waals surface area contributed by atoms with Crippen LogP contribution in [-0.2, 0) is 0 Å². The van der Waals surface area contributed by atoms with Crippen molar-refractivity contribution >= 4 is 28.5 Å². The molecule has 2 N–H and O–H groups in total. The Labute approximate surface area is 83.1 Å². The Morgan fingerprint density at radius 2 is 2.21 bits per heavy atom. The Bertz CT molecular complexity index is 521. The molecule has 0 unspecified atom stereocenters. The van der Waals surface area contributed by atoms with Gasteiger partial charge in [0.25, 0.3) is 0 Å². The average Bonchev–Trinajstić information content (AvgIpc) is 2.47. The van der Waals surface area contributed by atoms with Gasteiger partial charge in [0.05, 0.1) is 16.1 Å². The number of halogens is 2. The largest absolute Gasteiger partial charge is 0.478 e. The first kappa shape index (κ1) is 9.02. The first-order valence-corrected chi connectivity index (χ1v) is 4.17. The zero-order valence-corrected chi connectivity index (χ0v) is 7.60. The first-order valence-electron chi connectivity index (χ1n) is 3.79. The van der Waals surface area contributed by atoms with Crippen LogP contribution < -0.4 is 0 Å². The van der Waals surface area contributed by atoms with Gasteiger partial charge in [0.2, 0.25) is 0 Å². The molecule has 5 heteroatoms. The molecule has 0 spiro atoms. The van der Waals surface area contributed by atoms with Crippen molar-refractivity contribution in [3.8, 4) is 0 Å². The fourth-order valence-corrected chi connectivity index (χ4v) is 1.59. The van der Waals surface area contributed by atoms with Gasteiger partial charge in [-0.15, -0.1) is 0 Å². The molecule has 0 fully saturated rings. The van der Waals surface area contributed by atoms with E-state index in [1.54, 1.807) is 0 Å². The molecule has 3 nitrogen and oxygen atoms in total. The predicted molar refractivity (Wildman–Crippen MR) is 50.2 cm³/mol. The van der Waals surface area contributed by atoms with Crippen molar-refractivity contribution in [1.29, 1.82) is 0 Å². The number of aromatic carboxylic acids is 1. The fourth-order valence-electron chi connectivity index (χ4n) is 1.33. The number of carbonyl (C=O) groups is 1. The van der Waals surface area contributed by atoms with Gasteiger partial charge < -0.3 is 10.1 Å². The zero-order chi connectivity index (χ0) is 10.3. The molecule has 0 amide bonds. The summed E-state index contributed by atoms with van der Waals surface area (Å²) >= 11 is 5.72. The van der Waals surface area contributed by atoms with E-state index in [9.17, 15) is 9.18 Å². The number of rotatable bonds is 1. The maximum atomic E-state index is 12.9. The number of aromatic amines is 1. The maximum Gasteiger partial charge on any atom is 0.337 e. The normalized spacial score (nSPS) is 10.7. The van der Waals surface area contributed by atoms with Crippen LogP contribution in [0.2, 0.25) is 5.02 Å². The van der Waals surface area contributed by atoms with Crippen LogP contribution in [0.4, 0.5) is 4.39 Å². The van der Waals surface area contributed by atoms with Crippen LogP contribution in [0.3, 0.4) is 0 Å². The molecule has 0 saturated heterocycles. The van der Waals surface area contributed by atoms with Crippen molar-refractivity contribution in [1.82, 2.24) is 4.98 Å². The van der Waals surface area contributed by atoms with Gasteiger partial charge >= 0.3 is 5.97 Å². The Balaban J connectivity index is 2.85. The van der Waals surface area contributed by atoms with Crippen LogP contribution in [0.15, 0.2) is 18.3 Å². The molecule has 1 aromatic heterocycles. The summed E-state index contributed by atoms with van der Waals surface area (Å²) in [5.41, 5.74) is 0.451. The molecule has 1 aromatic carbocycles. The number of hydrogen-bond donors (Lipinski definition) is 2. The zero-order valence-electron chi connectivity index (χ0n) is 6.84. The lowest BCUT2D eigenvalue weighted by Gasteiger charge is -1.95. The number of aromatic nitrogens is 1. The van der Waals surface area contributed by atoms with Gasteiger partial charge in [-0.3, -0.25) is 0 Å². The summed E-state index contributed by atoms with van der Waals surface area (Å²) in [7, 11) is 0. The van der Waals surface area contributed by atoms with Crippen LogP contribution in [0, 0.1) is 5.82 Å². The van der Waals surface area contributed by atoms with E-state index in [-0.39, 0.29) is 16.0 Å². The molecule has 0 aliphatic rings. The Morgan fingerprint density at radius 1 is 1.50 bits per heavy atom. The Morgan fingerprint density at radius 3 is 2.86 bits per heavy atom. The number of H-pyrrole nitrogens is 1. The highest BCUT2D eigenvalue weighted by Gasteiger charge is 2.13. The van der Waals surface area contributed by atoms with Gasteiger partial charge in [0.1, 0.15) is 5.82 Å². The third-order valence-corrected chi connectivity index (χ3v) is 2.23. The van der Waals surface area contributed by atoms with Crippen LogP contribution in [0.5, 0.6) is 0 Å². The number of carboxylic acids is 1. The molecule has 0 saturated carbocycles. The summed E-state index contributed by atoms with van der Waals surface area (Å²) in [4.78, 5) is 13.4. The second-order valence-corrected chi connectivity index (χ2v) is 3.22. The van der Waals surface area contributed by atoms with Crippen molar-refractivity contribution in [2.75, 3.05) is 0 Å². The molecular formula is C9H5ClFNO2. The van der Waals surface area contributed by atoms with E-state index in [0.717, 1.165) is 12.1 Å². The van der Waals surface area contributed by atoms with Crippen LogP contribution >= 0.6 is 11.6 Å². The molecule has 0 atom stereocenters. The Hall–Kier alpha value is -1.55. The van der Waals surface area contributed by atoms with E-state index in [1.165, 1.54) is 6.20 Å². The molecule has 0 aliphatic heterocycles. The molecule has 0 bridgehead atoms.